The van der Waals surface area contributed by atoms with Crippen molar-refractivity contribution in [1.29, 1.82) is 0 Å². The van der Waals surface area contributed by atoms with Crippen molar-refractivity contribution in [3.05, 3.63) is 123 Å². The molecule has 2 nitrogen and oxygen atoms in total. The van der Waals surface area contributed by atoms with E-state index in [1.54, 1.807) is 0 Å². The molecule has 0 N–H and O–H groups in total. The van der Waals surface area contributed by atoms with Gasteiger partial charge in [0.05, 0.1) is 16.4 Å². The minimum Gasteiger partial charge on any atom is -0.520 e. The number of hydrogen-bond donors (Lipinski definition) is 0. The van der Waals surface area contributed by atoms with Gasteiger partial charge >= 0.3 is 7.12 Å². The van der Waals surface area contributed by atoms with Gasteiger partial charge < -0.3 is 9.31 Å². The predicted molar refractivity (Wildman–Crippen MR) is 128 cm³/mol. The lowest BCUT2D eigenvalue weighted by atomic mass is 9.72. The number of rotatable bonds is 6. The summed E-state index contributed by atoms with van der Waals surface area (Å²) < 4.78 is 256. The highest BCUT2D eigenvalue weighted by molar-refractivity contribution is 6.64. The van der Waals surface area contributed by atoms with E-state index in [1.807, 2.05) is 0 Å². The van der Waals surface area contributed by atoms with Gasteiger partial charge in [-0.15, -0.1) is 0 Å². The van der Waals surface area contributed by atoms with Crippen LogP contribution in [0.25, 0.3) is 21.9 Å². The first-order valence-electron chi connectivity index (χ1n) is 12.2. The van der Waals surface area contributed by atoms with E-state index < -0.39 is 145 Å². The Balaban J connectivity index is 1.94. The summed E-state index contributed by atoms with van der Waals surface area (Å²) in [6, 6.07) is 0.00387. The molecule has 20 heteroatoms. The van der Waals surface area contributed by atoms with Crippen molar-refractivity contribution in [2.75, 3.05) is 0 Å². The van der Waals surface area contributed by atoms with Crippen molar-refractivity contribution in [2.24, 2.45) is 0 Å². The molecule has 0 saturated carbocycles. The van der Waals surface area contributed by atoms with Crippen LogP contribution in [0.15, 0.2) is 24.3 Å². The van der Waals surface area contributed by atoms with Crippen LogP contribution in [0, 0.1) is 98.9 Å². The average molecular weight is 706 g/mol. The molecule has 250 valence electrons. The van der Waals surface area contributed by atoms with Gasteiger partial charge in [-0.25, -0.2) is 65.9 Å². The molecule has 0 aromatic heterocycles. The summed E-state index contributed by atoms with van der Waals surface area (Å²) in [5.41, 5.74) is -7.62. The minimum atomic E-state index is -3.70. The highest BCUT2D eigenvalue weighted by Gasteiger charge is 2.44. The third-order valence-electron chi connectivity index (χ3n) is 6.56. The number of halogens is 17. The predicted octanol–water partition coefficient (Wildman–Crippen LogP) is 8.72. The second-order valence-electron chi connectivity index (χ2n) is 9.31. The molecule has 0 aliphatic rings. The Morgan fingerprint density at radius 3 is 1.48 bits per heavy atom. The highest BCUT2D eigenvalue weighted by Crippen LogP contribution is 2.39. The Morgan fingerprint density at radius 1 is 0.396 bits per heavy atom. The van der Waals surface area contributed by atoms with Crippen molar-refractivity contribution >= 4 is 23.4 Å². The summed E-state index contributed by atoms with van der Waals surface area (Å²) in [4.78, 5) is 0. The number of benzene rings is 5. The van der Waals surface area contributed by atoms with Gasteiger partial charge in [-0.3, -0.25) is 0 Å². The van der Waals surface area contributed by atoms with Gasteiger partial charge in [-0.05, 0) is 12.1 Å². The zero-order valence-corrected chi connectivity index (χ0v) is 22.1. The first kappa shape index (κ1) is 34.2. The first-order valence-corrected chi connectivity index (χ1v) is 12.2. The molecule has 0 radical (unpaired) electrons. The van der Waals surface area contributed by atoms with Gasteiger partial charge in [0.2, 0.25) is 11.6 Å². The Hall–Kier alpha value is -5.17. The SMILES string of the molecule is Fc1cc(F)c(F)c(OB(Oc2c(F)c(F)c(F)c3c(F)c(F)ccc23)c2c(F)c(F)c(F)c(F)c2-c2c(F)c(F)c(F)c(F)c2F)c1. The van der Waals surface area contributed by atoms with Crippen molar-refractivity contribution in [3.8, 4) is 22.6 Å². The maximum absolute atomic E-state index is 15.5. The molecule has 0 spiro atoms. The summed E-state index contributed by atoms with van der Waals surface area (Å²) in [5.74, 6) is -49.1. The minimum absolute atomic E-state index is 0.108. The average Bonchev–Trinajstić information content (AvgIpc) is 3.04. The van der Waals surface area contributed by atoms with Crippen molar-refractivity contribution < 1.29 is 83.9 Å². The lowest BCUT2D eigenvalue weighted by molar-refractivity contribution is 0.372. The molecule has 48 heavy (non-hydrogen) atoms. The van der Waals surface area contributed by atoms with Crippen LogP contribution in [0.5, 0.6) is 11.5 Å². The van der Waals surface area contributed by atoms with Crippen LogP contribution in [-0.4, -0.2) is 7.12 Å². The van der Waals surface area contributed by atoms with Crippen LogP contribution in [0.3, 0.4) is 0 Å². The summed E-state index contributed by atoms with van der Waals surface area (Å²) in [7, 11) is -3.70. The molecule has 0 atom stereocenters. The van der Waals surface area contributed by atoms with E-state index in [-0.39, 0.29) is 24.3 Å². The van der Waals surface area contributed by atoms with Crippen molar-refractivity contribution in [2.45, 2.75) is 0 Å². The Kier molecular flexibility index (Phi) is 8.64. The monoisotopic (exact) mass is 706 g/mol. The van der Waals surface area contributed by atoms with Gasteiger partial charge in [-0.2, -0.15) is 8.78 Å². The molecule has 0 amide bonds. The van der Waals surface area contributed by atoms with Gasteiger partial charge in [-0.1, -0.05) is 0 Å². The smallest absolute Gasteiger partial charge is 0.520 e. The van der Waals surface area contributed by atoms with E-state index in [9.17, 15) is 61.5 Å². The lowest BCUT2D eigenvalue weighted by Crippen LogP contribution is -2.47. The molecule has 0 unspecified atom stereocenters. The summed E-state index contributed by atoms with van der Waals surface area (Å²) in [6.45, 7) is 0. The van der Waals surface area contributed by atoms with Crippen LogP contribution >= 0.6 is 0 Å². The Morgan fingerprint density at radius 2 is 0.896 bits per heavy atom. The van der Waals surface area contributed by atoms with Crippen LogP contribution in [0.2, 0.25) is 0 Å². The van der Waals surface area contributed by atoms with Crippen molar-refractivity contribution in [1.82, 2.24) is 0 Å². The third-order valence-corrected chi connectivity index (χ3v) is 6.56. The van der Waals surface area contributed by atoms with E-state index >= 15 is 13.2 Å². The van der Waals surface area contributed by atoms with E-state index in [4.69, 9.17) is 4.65 Å². The largest absolute Gasteiger partial charge is 0.636 e. The Labute approximate surface area is 253 Å². The molecule has 5 aromatic carbocycles. The normalized spacial score (nSPS) is 11.4. The van der Waals surface area contributed by atoms with Crippen LogP contribution in [-0.2, 0) is 0 Å². The molecule has 0 saturated heterocycles. The summed E-state index contributed by atoms with van der Waals surface area (Å²) >= 11 is 0. The van der Waals surface area contributed by atoms with Crippen LogP contribution in [0.1, 0.15) is 0 Å². The second-order valence-corrected chi connectivity index (χ2v) is 9.31. The highest BCUT2D eigenvalue weighted by atomic mass is 19.2. The maximum atomic E-state index is 15.5. The van der Waals surface area contributed by atoms with E-state index in [1.165, 1.54) is 0 Å². The van der Waals surface area contributed by atoms with E-state index in [2.05, 4.69) is 4.65 Å². The van der Waals surface area contributed by atoms with Gasteiger partial charge in [0.15, 0.2) is 81.4 Å². The molecular weight excluding hydrogens is 702 g/mol. The van der Waals surface area contributed by atoms with Crippen molar-refractivity contribution in [3.63, 3.8) is 0 Å². The van der Waals surface area contributed by atoms with Gasteiger partial charge in [0.25, 0.3) is 0 Å². The third kappa shape index (κ3) is 5.18. The van der Waals surface area contributed by atoms with Crippen LogP contribution in [0.4, 0.5) is 74.6 Å². The molecule has 0 heterocycles. The zero-order valence-electron chi connectivity index (χ0n) is 22.1. The first-order chi connectivity index (χ1) is 22.4. The molecule has 0 bridgehead atoms. The quantitative estimate of drug-likeness (QED) is 0.0762. The fourth-order valence-corrected chi connectivity index (χ4v) is 4.41. The second kappa shape index (κ2) is 12.1. The Bertz CT molecular complexity index is 2160. The summed E-state index contributed by atoms with van der Waals surface area (Å²) in [6.07, 6.45) is 0. The molecule has 0 fully saturated rings. The van der Waals surface area contributed by atoms with Crippen LogP contribution < -0.4 is 14.8 Å². The molecule has 0 aliphatic carbocycles. The molecule has 5 rings (SSSR count). The molecule has 5 aromatic rings. The fraction of sp³-hybridized carbons (Fsp3) is 0. The number of fused-ring (bicyclic) bond motifs is 1. The summed E-state index contributed by atoms with van der Waals surface area (Å²) in [5, 5.41) is -3.21. The molecular formula is C28H4BF17O2. The molecule has 0 aliphatic heterocycles. The van der Waals surface area contributed by atoms with E-state index in [0.29, 0.717) is 0 Å². The fourth-order valence-electron chi connectivity index (χ4n) is 4.41. The topological polar surface area (TPSA) is 18.5 Å². The zero-order chi connectivity index (χ0) is 35.7. The number of hydrogen-bond acceptors (Lipinski definition) is 2. The maximum Gasteiger partial charge on any atom is 0.636 e. The lowest BCUT2D eigenvalue weighted by Gasteiger charge is -2.23. The van der Waals surface area contributed by atoms with Gasteiger partial charge in [0, 0.05) is 23.1 Å². The van der Waals surface area contributed by atoms with E-state index in [0.717, 1.165) is 0 Å². The standard InChI is InChI=1S/C28H4BF17O2/c30-5-3-8(32)14(33)9(4-5)47-29(48-28-6-1-2-7(31)15(34)10(6)16(35)24(43)27(28)46)13-11(17(36)21(40)25(44)20(13)39)12-18(37)22(41)26(45)23(42)19(12)38/h1-4H. The van der Waals surface area contributed by atoms with Gasteiger partial charge in [0.1, 0.15) is 17.3 Å².